The van der Waals surface area contributed by atoms with Crippen molar-refractivity contribution in [2.45, 2.75) is 38.3 Å². The van der Waals surface area contributed by atoms with Gasteiger partial charge in [-0.05, 0) is 54.5 Å². The number of rotatable bonds is 2. The fourth-order valence-corrected chi connectivity index (χ4v) is 6.01. The molecule has 20 heavy (non-hydrogen) atoms. The summed E-state index contributed by atoms with van der Waals surface area (Å²) in [6.45, 7) is 3.02. The molecule has 3 heterocycles. The van der Waals surface area contributed by atoms with Gasteiger partial charge in [-0.25, -0.2) is 0 Å². The van der Waals surface area contributed by atoms with E-state index in [4.69, 9.17) is 0 Å². The zero-order valence-corrected chi connectivity index (χ0v) is 12.4. The number of hydrogen-bond acceptors (Lipinski definition) is 3. The van der Waals surface area contributed by atoms with Gasteiger partial charge in [-0.15, -0.1) is 11.3 Å². The van der Waals surface area contributed by atoms with Crippen molar-refractivity contribution in [1.29, 1.82) is 0 Å². The molecule has 1 saturated heterocycles. The van der Waals surface area contributed by atoms with Crippen molar-refractivity contribution in [1.82, 2.24) is 9.80 Å². The summed E-state index contributed by atoms with van der Waals surface area (Å²) in [4.78, 5) is 18.6. The molecule has 2 saturated carbocycles. The average Bonchev–Trinajstić information content (AvgIpc) is 3.16. The standard InChI is InChI=1S/C16H20N2OS/c19-16-14-10-1-2-11(7-10)15(14)18(16)9-17-5-3-13-12(8-17)4-6-20-13/h4,6,10-11,14-15H,1-3,5,7-9H2/t10-,11-,14-,15-/m0/s1. The number of carbonyl (C=O) groups excluding carboxylic acids is 1. The predicted molar refractivity (Wildman–Crippen MR) is 78.3 cm³/mol. The number of hydrogen-bond donors (Lipinski definition) is 0. The van der Waals surface area contributed by atoms with Crippen LogP contribution in [0.1, 0.15) is 29.7 Å². The van der Waals surface area contributed by atoms with Gasteiger partial charge in [0.1, 0.15) is 0 Å². The maximum Gasteiger partial charge on any atom is 0.229 e. The van der Waals surface area contributed by atoms with Crippen LogP contribution < -0.4 is 0 Å². The molecule has 1 aromatic heterocycles. The van der Waals surface area contributed by atoms with Gasteiger partial charge >= 0.3 is 0 Å². The Morgan fingerprint density at radius 1 is 1.30 bits per heavy atom. The normalized spacial score (nSPS) is 38.8. The zero-order valence-electron chi connectivity index (χ0n) is 11.6. The van der Waals surface area contributed by atoms with Crippen LogP contribution in [-0.2, 0) is 17.8 Å². The van der Waals surface area contributed by atoms with Crippen LogP contribution in [0.4, 0.5) is 0 Å². The Bertz CT molecular complexity index is 569. The molecule has 1 amide bonds. The molecule has 3 nitrogen and oxygen atoms in total. The zero-order chi connectivity index (χ0) is 13.3. The molecule has 0 unspecified atom stereocenters. The lowest BCUT2D eigenvalue weighted by Crippen LogP contribution is -2.65. The van der Waals surface area contributed by atoms with E-state index in [0.717, 1.165) is 38.0 Å². The summed E-state index contributed by atoms with van der Waals surface area (Å²) in [6, 6.07) is 2.86. The van der Waals surface area contributed by atoms with Crippen LogP contribution >= 0.6 is 11.3 Å². The molecule has 0 aromatic carbocycles. The second-order valence-electron chi connectivity index (χ2n) is 6.97. The molecule has 4 atom stereocenters. The number of carbonyl (C=O) groups is 1. The Morgan fingerprint density at radius 3 is 3.15 bits per heavy atom. The Kier molecular flexibility index (Phi) is 2.40. The van der Waals surface area contributed by atoms with Crippen LogP contribution in [0.25, 0.3) is 0 Å². The van der Waals surface area contributed by atoms with Gasteiger partial charge in [-0.1, -0.05) is 0 Å². The summed E-state index contributed by atoms with van der Waals surface area (Å²) >= 11 is 1.88. The van der Waals surface area contributed by atoms with E-state index >= 15 is 0 Å². The number of amides is 1. The van der Waals surface area contributed by atoms with Crippen molar-refractivity contribution in [2.75, 3.05) is 13.2 Å². The second-order valence-corrected chi connectivity index (χ2v) is 7.97. The SMILES string of the molecule is O=C1[C@H]2[C@H]3CC[C@@H](C3)[C@@H]2N1CN1CCc2sccc2C1. The lowest BCUT2D eigenvalue weighted by atomic mass is 9.76. The lowest BCUT2D eigenvalue weighted by molar-refractivity contribution is -0.165. The molecule has 5 rings (SSSR count). The molecule has 2 bridgehead atoms. The number of β-lactam (4-membered cyclic amide) rings is 1. The molecule has 3 fully saturated rings. The third-order valence-electron chi connectivity index (χ3n) is 6.04. The lowest BCUT2D eigenvalue weighted by Gasteiger charge is -2.51. The van der Waals surface area contributed by atoms with Gasteiger partial charge in [0.25, 0.3) is 0 Å². The fourth-order valence-electron chi connectivity index (χ4n) is 5.12. The molecule has 2 aliphatic heterocycles. The van der Waals surface area contributed by atoms with Gasteiger partial charge in [0, 0.05) is 24.0 Å². The van der Waals surface area contributed by atoms with Crippen molar-refractivity contribution in [3.63, 3.8) is 0 Å². The van der Waals surface area contributed by atoms with E-state index in [1.54, 1.807) is 4.88 Å². The highest BCUT2D eigenvalue weighted by Crippen LogP contribution is 2.56. The Hall–Kier alpha value is -0.870. The first-order valence-corrected chi connectivity index (χ1v) is 8.77. The fraction of sp³-hybridized carbons (Fsp3) is 0.688. The summed E-state index contributed by atoms with van der Waals surface area (Å²) in [5.41, 5.74) is 1.48. The number of fused-ring (bicyclic) bond motifs is 6. The van der Waals surface area contributed by atoms with E-state index < -0.39 is 0 Å². The van der Waals surface area contributed by atoms with Gasteiger partial charge in [-0.3, -0.25) is 9.69 Å². The van der Waals surface area contributed by atoms with E-state index in [0.29, 0.717) is 17.9 Å². The third-order valence-corrected chi connectivity index (χ3v) is 7.06. The molecule has 0 spiro atoms. The largest absolute Gasteiger partial charge is 0.325 e. The van der Waals surface area contributed by atoms with Gasteiger partial charge in [0.05, 0.1) is 12.6 Å². The van der Waals surface area contributed by atoms with Gasteiger partial charge in [0.15, 0.2) is 0 Å². The summed E-state index contributed by atoms with van der Waals surface area (Å²) in [7, 11) is 0. The van der Waals surface area contributed by atoms with E-state index in [-0.39, 0.29) is 0 Å². The summed E-state index contributed by atoms with van der Waals surface area (Å²) in [6.07, 6.45) is 5.17. The van der Waals surface area contributed by atoms with E-state index in [9.17, 15) is 4.79 Å². The van der Waals surface area contributed by atoms with E-state index in [2.05, 4.69) is 21.2 Å². The maximum absolute atomic E-state index is 12.4. The van der Waals surface area contributed by atoms with Crippen LogP contribution in [-0.4, -0.2) is 35.0 Å². The first-order chi connectivity index (χ1) is 9.81. The molecular weight excluding hydrogens is 268 g/mol. The molecular formula is C16H20N2OS. The van der Waals surface area contributed by atoms with Crippen LogP contribution in [0.5, 0.6) is 0 Å². The number of thiophene rings is 1. The van der Waals surface area contributed by atoms with Crippen molar-refractivity contribution < 1.29 is 4.79 Å². The Morgan fingerprint density at radius 2 is 2.20 bits per heavy atom. The number of nitrogens with zero attached hydrogens (tertiary/aromatic N) is 2. The average molecular weight is 288 g/mol. The summed E-state index contributed by atoms with van der Waals surface area (Å²) < 4.78 is 0. The molecule has 0 N–H and O–H groups in total. The Labute approximate surface area is 123 Å². The van der Waals surface area contributed by atoms with E-state index in [1.165, 1.54) is 24.8 Å². The molecule has 106 valence electrons. The van der Waals surface area contributed by atoms with Gasteiger partial charge in [0.2, 0.25) is 5.91 Å². The maximum atomic E-state index is 12.4. The van der Waals surface area contributed by atoms with Crippen LogP contribution in [0.15, 0.2) is 11.4 Å². The van der Waals surface area contributed by atoms with E-state index in [1.807, 2.05) is 11.3 Å². The van der Waals surface area contributed by atoms with Crippen LogP contribution in [0, 0.1) is 17.8 Å². The van der Waals surface area contributed by atoms with Crippen molar-refractivity contribution in [3.05, 3.63) is 21.9 Å². The summed E-state index contributed by atoms with van der Waals surface area (Å²) in [5.74, 6) is 2.43. The first kappa shape index (κ1) is 11.8. The third kappa shape index (κ3) is 1.47. The van der Waals surface area contributed by atoms with Crippen LogP contribution in [0.2, 0.25) is 0 Å². The van der Waals surface area contributed by atoms with Crippen molar-refractivity contribution in [2.24, 2.45) is 17.8 Å². The molecule has 4 heteroatoms. The van der Waals surface area contributed by atoms with Crippen molar-refractivity contribution in [3.8, 4) is 0 Å². The minimum Gasteiger partial charge on any atom is -0.325 e. The predicted octanol–water partition coefficient (Wildman–Crippen LogP) is 2.32. The molecule has 1 aromatic rings. The minimum atomic E-state index is 0.412. The molecule has 2 aliphatic carbocycles. The van der Waals surface area contributed by atoms with Gasteiger partial charge < -0.3 is 4.90 Å². The van der Waals surface area contributed by atoms with Crippen molar-refractivity contribution >= 4 is 17.2 Å². The van der Waals surface area contributed by atoms with Gasteiger partial charge in [-0.2, -0.15) is 0 Å². The molecule has 4 aliphatic rings. The smallest absolute Gasteiger partial charge is 0.229 e. The highest BCUT2D eigenvalue weighted by atomic mass is 32.1. The first-order valence-electron chi connectivity index (χ1n) is 7.89. The second kappa shape index (κ2) is 4.08. The monoisotopic (exact) mass is 288 g/mol. The Balaban J connectivity index is 1.30. The topological polar surface area (TPSA) is 23.6 Å². The number of likely N-dealkylation sites (tertiary alicyclic amines) is 1. The molecule has 0 radical (unpaired) electrons. The quantitative estimate of drug-likeness (QED) is 0.780. The highest BCUT2D eigenvalue weighted by Gasteiger charge is 2.61. The minimum absolute atomic E-state index is 0.412. The summed E-state index contributed by atoms with van der Waals surface area (Å²) in [5, 5.41) is 2.20. The van der Waals surface area contributed by atoms with Crippen LogP contribution in [0.3, 0.4) is 0 Å². The highest BCUT2D eigenvalue weighted by molar-refractivity contribution is 7.10.